The predicted molar refractivity (Wildman–Crippen MR) is 92.3 cm³/mol. The van der Waals surface area contributed by atoms with Gasteiger partial charge in [0, 0.05) is 24.7 Å². The fourth-order valence-electron chi connectivity index (χ4n) is 2.24. The van der Waals surface area contributed by atoms with Crippen LogP contribution in [0.4, 0.5) is 0 Å². The van der Waals surface area contributed by atoms with E-state index in [1.165, 1.54) is 11.1 Å². The molecular formula is C17H28BrNO2. The van der Waals surface area contributed by atoms with Gasteiger partial charge in [-0.05, 0) is 48.4 Å². The highest BCUT2D eigenvalue weighted by Gasteiger charge is 2.18. The minimum Gasteiger partial charge on any atom is -0.496 e. The molecule has 4 heteroatoms. The van der Waals surface area contributed by atoms with Gasteiger partial charge in [0.25, 0.3) is 0 Å². The van der Waals surface area contributed by atoms with E-state index >= 15 is 0 Å². The van der Waals surface area contributed by atoms with E-state index in [4.69, 9.17) is 9.47 Å². The summed E-state index contributed by atoms with van der Waals surface area (Å²) in [4.78, 5) is 0. The third kappa shape index (κ3) is 6.37. The van der Waals surface area contributed by atoms with E-state index in [1.807, 2.05) is 0 Å². The van der Waals surface area contributed by atoms with E-state index in [2.05, 4.69) is 54.2 Å². The van der Waals surface area contributed by atoms with Crippen LogP contribution in [-0.2, 0) is 11.2 Å². The third-order valence-electron chi connectivity index (χ3n) is 3.72. The average molecular weight is 358 g/mol. The summed E-state index contributed by atoms with van der Waals surface area (Å²) in [6, 6.07) is 4.28. The number of hydrogen-bond acceptors (Lipinski definition) is 3. The van der Waals surface area contributed by atoms with Crippen LogP contribution in [0.2, 0.25) is 0 Å². The SMILES string of the molecule is COCCNCC(C)(C)CCc1cc(Br)c(C)cc1OC. The van der Waals surface area contributed by atoms with Crippen LogP contribution in [0.1, 0.15) is 31.4 Å². The van der Waals surface area contributed by atoms with Gasteiger partial charge in [0.15, 0.2) is 0 Å². The molecule has 0 amide bonds. The van der Waals surface area contributed by atoms with Crippen LogP contribution in [0.3, 0.4) is 0 Å². The molecule has 1 aromatic rings. The zero-order valence-corrected chi connectivity index (χ0v) is 15.5. The van der Waals surface area contributed by atoms with Gasteiger partial charge in [0.05, 0.1) is 13.7 Å². The van der Waals surface area contributed by atoms with Crippen molar-refractivity contribution in [3.8, 4) is 5.75 Å². The molecule has 0 radical (unpaired) electrons. The van der Waals surface area contributed by atoms with Crippen molar-refractivity contribution in [1.29, 1.82) is 0 Å². The highest BCUT2D eigenvalue weighted by Crippen LogP contribution is 2.30. The summed E-state index contributed by atoms with van der Waals surface area (Å²) in [7, 11) is 3.47. The molecule has 1 N–H and O–H groups in total. The molecule has 0 aliphatic rings. The molecule has 0 bridgehead atoms. The van der Waals surface area contributed by atoms with Crippen LogP contribution in [-0.4, -0.2) is 33.9 Å². The van der Waals surface area contributed by atoms with Gasteiger partial charge in [-0.25, -0.2) is 0 Å². The van der Waals surface area contributed by atoms with E-state index in [1.54, 1.807) is 14.2 Å². The summed E-state index contributed by atoms with van der Waals surface area (Å²) in [5, 5.41) is 3.45. The molecule has 1 rings (SSSR count). The molecule has 0 saturated carbocycles. The zero-order valence-electron chi connectivity index (χ0n) is 13.9. The highest BCUT2D eigenvalue weighted by molar-refractivity contribution is 9.10. The number of hydrogen-bond donors (Lipinski definition) is 1. The van der Waals surface area contributed by atoms with Crippen molar-refractivity contribution in [3.63, 3.8) is 0 Å². The van der Waals surface area contributed by atoms with E-state index in [-0.39, 0.29) is 5.41 Å². The van der Waals surface area contributed by atoms with Crippen LogP contribution < -0.4 is 10.1 Å². The van der Waals surface area contributed by atoms with E-state index in [9.17, 15) is 0 Å². The maximum atomic E-state index is 5.51. The van der Waals surface area contributed by atoms with E-state index in [0.717, 1.165) is 42.8 Å². The van der Waals surface area contributed by atoms with E-state index in [0.29, 0.717) is 0 Å². The molecule has 0 atom stereocenters. The minimum atomic E-state index is 0.246. The molecule has 0 unspecified atom stereocenters. The number of benzene rings is 1. The summed E-state index contributed by atoms with van der Waals surface area (Å²) < 4.78 is 11.7. The van der Waals surface area contributed by atoms with Gasteiger partial charge in [-0.15, -0.1) is 0 Å². The Kier molecular flexibility index (Phi) is 7.71. The third-order valence-corrected chi connectivity index (χ3v) is 4.57. The van der Waals surface area contributed by atoms with Crippen LogP contribution in [0.5, 0.6) is 5.75 Å². The van der Waals surface area contributed by atoms with Gasteiger partial charge < -0.3 is 14.8 Å². The summed E-state index contributed by atoms with van der Waals surface area (Å²) in [6.07, 6.45) is 2.12. The van der Waals surface area contributed by atoms with Gasteiger partial charge in [0.2, 0.25) is 0 Å². The number of ether oxygens (including phenoxy) is 2. The first-order valence-corrected chi connectivity index (χ1v) is 8.21. The first kappa shape index (κ1) is 18.5. The minimum absolute atomic E-state index is 0.246. The fourth-order valence-corrected chi connectivity index (χ4v) is 2.63. The lowest BCUT2D eigenvalue weighted by molar-refractivity contribution is 0.193. The molecule has 0 spiro atoms. The van der Waals surface area contributed by atoms with Crippen molar-refractivity contribution in [2.75, 3.05) is 33.9 Å². The maximum Gasteiger partial charge on any atom is 0.122 e. The van der Waals surface area contributed by atoms with Crippen molar-refractivity contribution >= 4 is 15.9 Å². The van der Waals surface area contributed by atoms with E-state index < -0.39 is 0 Å². The van der Waals surface area contributed by atoms with Crippen molar-refractivity contribution in [3.05, 3.63) is 27.7 Å². The maximum absolute atomic E-state index is 5.51. The van der Waals surface area contributed by atoms with Gasteiger partial charge >= 0.3 is 0 Å². The van der Waals surface area contributed by atoms with Crippen molar-refractivity contribution < 1.29 is 9.47 Å². The molecule has 0 fully saturated rings. The summed E-state index contributed by atoms with van der Waals surface area (Å²) in [6.45, 7) is 9.32. The van der Waals surface area contributed by atoms with Crippen molar-refractivity contribution in [2.45, 2.75) is 33.6 Å². The molecule has 0 saturated heterocycles. The quantitative estimate of drug-likeness (QED) is 0.678. The molecule has 0 aliphatic carbocycles. The molecule has 0 heterocycles. The van der Waals surface area contributed by atoms with Crippen LogP contribution >= 0.6 is 15.9 Å². The van der Waals surface area contributed by atoms with Gasteiger partial charge in [-0.2, -0.15) is 0 Å². The Morgan fingerprint density at radius 2 is 1.95 bits per heavy atom. The Morgan fingerprint density at radius 1 is 1.24 bits per heavy atom. The highest BCUT2D eigenvalue weighted by atomic mass is 79.9. The second kappa shape index (κ2) is 8.76. The van der Waals surface area contributed by atoms with Crippen LogP contribution in [0, 0.1) is 12.3 Å². The first-order valence-electron chi connectivity index (χ1n) is 7.42. The molecule has 3 nitrogen and oxygen atoms in total. The molecule has 0 aromatic heterocycles. The van der Waals surface area contributed by atoms with Crippen LogP contribution in [0.25, 0.3) is 0 Å². The Labute approximate surface area is 137 Å². The molecule has 1 aromatic carbocycles. The van der Waals surface area contributed by atoms with Crippen LogP contribution in [0.15, 0.2) is 16.6 Å². The molecular weight excluding hydrogens is 330 g/mol. The summed E-state index contributed by atoms with van der Waals surface area (Å²) in [5.41, 5.74) is 2.71. The number of nitrogens with one attached hydrogen (secondary N) is 1. The molecule has 0 aliphatic heterocycles. The summed E-state index contributed by atoms with van der Waals surface area (Å²) >= 11 is 3.61. The Balaban J connectivity index is 2.59. The number of rotatable bonds is 9. The summed E-state index contributed by atoms with van der Waals surface area (Å²) in [5.74, 6) is 0.985. The normalized spacial score (nSPS) is 11.7. The standard InChI is InChI=1S/C17H28BrNO2/c1-13-10-16(21-5)14(11-15(13)18)6-7-17(2,3)12-19-8-9-20-4/h10-11,19H,6-9,12H2,1-5H3. The Hall–Kier alpha value is -0.580. The monoisotopic (exact) mass is 357 g/mol. The Bertz CT molecular complexity index is 447. The topological polar surface area (TPSA) is 30.5 Å². The van der Waals surface area contributed by atoms with Crippen molar-refractivity contribution in [2.24, 2.45) is 5.41 Å². The average Bonchev–Trinajstić information content (AvgIpc) is 2.44. The van der Waals surface area contributed by atoms with Gasteiger partial charge in [-0.1, -0.05) is 29.8 Å². The fraction of sp³-hybridized carbons (Fsp3) is 0.647. The largest absolute Gasteiger partial charge is 0.496 e. The lowest BCUT2D eigenvalue weighted by atomic mass is 9.86. The zero-order chi connectivity index (χ0) is 15.9. The smallest absolute Gasteiger partial charge is 0.122 e. The Morgan fingerprint density at radius 3 is 2.57 bits per heavy atom. The second-order valence-corrected chi connectivity index (χ2v) is 7.10. The lowest BCUT2D eigenvalue weighted by Gasteiger charge is -2.25. The van der Waals surface area contributed by atoms with Crippen molar-refractivity contribution in [1.82, 2.24) is 5.32 Å². The number of aryl methyl sites for hydroxylation is 2. The first-order chi connectivity index (χ1) is 9.89. The lowest BCUT2D eigenvalue weighted by Crippen LogP contribution is -2.32. The van der Waals surface area contributed by atoms with Gasteiger partial charge in [-0.3, -0.25) is 0 Å². The second-order valence-electron chi connectivity index (χ2n) is 6.25. The molecule has 120 valence electrons. The molecule has 21 heavy (non-hydrogen) atoms. The van der Waals surface area contributed by atoms with Gasteiger partial charge in [0.1, 0.15) is 5.75 Å². The number of halogens is 1. The predicted octanol–water partition coefficient (Wildman–Crippen LogP) is 3.96. The number of methoxy groups -OCH3 is 2.